The standard InChI is InChI=1S/C25H34NO/c1-21-12-11-13-22(2)25(21)18-24(27)20-26(16-9-4-3-5-10-17-26)19-23-14-7-6-8-15-23/h6-8,11-15H,3-5,9-10,16-20H2,1-2H3/q+1. The molecule has 0 aliphatic carbocycles. The minimum atomic E-state index is 0.393. The summed E-state index contributed by atoms with van der Waals surface area (Å²) < 4.78 is 0.938. The topological polar surface area (TPSA) is 17.1 Å². The largest absolute Gasteiger partial charge is 0.314 e. The maximum atomic E-state index is 13.2. The van der Waals surface area contributed by atoms with Crippen molar-refractivity contribution in [3.8, 4) is 0 Å². The lowest BCUT2D eigenvalue weighted by molar-refractivity contribution is -0.934. The number of carbonyl (C=O) groups excluding carboxylic acids is 1. The van der Waals surface area contributed by atoms with Crippen molar-refractivity contribution in [1.29, 1.82) is 0 Å². The van der Waals surface area contributed by atoms with Crippen molar-refractivity contribution < 1.29 is 9.28 Å². The maximum Gasteiger partial charge on any atom is 0.191 e. The molecule has 0 amide bonds. The van der Waals surface area contributed by atoms with Crippen LogP contribution in [0.5, 0.6) is 0 Å². The summed E-state index contributed by atoms with van der Waals surface area (Å²) in [5.41, 5.74) is 5.07. The van der Waals surface area contributed by atoms with Gasteiger partial charge in [-0.15, -0.1) is 0 Å². The van der Waals surface area contributed by atoms with Gasteiger partial charge in [-0.2, -0.15) is 0 Å². The van der Waals surface area contributed by atoms with Crippen LogP contribution in [0.25, 0.3) is 0 Å². The zero-order valence-corrected chi connectivity index (χ0v) is 17.0. The lowest BCUT2D eigenvalue weighted by Gasteiger charge is -2.39. The van der Waals surface area contributed by atoms with Crippen LogP contribution in [-0.4, -0.2) is 29.9 Å². The highest BCUT2D eigenvalue weighted by Crippen LogP contribution is 2.23. The van der Waals surface area contributed by atoms with Crippen molar-refractivity contribution in [3.05, 3.63) is 70.8 Å². The third-order valence-electron chi connectivity index (χ3n) is 6.16. The van der Waals surface area contributed by atoms with Crippen LogP contribution in [0.2, 0.25) is 0 Å². The first-order valence-corrected chi connectivity index (χ1v) is 10.5. The van der Waals surface area contributed by atoms with E-state index in [-0.39, 0.29) is 0 Å². The van der Waals surface area contributed by atoms with Crippen LogP contribution in [-0.2, 0) is 17.8 Å². The quantitative estimate of drug-likeness (QED) is 0.628. The zero-order valence-electron chi connectivity index (χ0n) is 17.0. The van der Waals surface area contributed by atoms with E-state index in [1.54, 1.807) is 0 Å². The highest BCUT2D eigenvalue weighted by molar-refractivity contribution is 5.82. The third kappa shape index (κ3) is 5.52. The van der Waals surface area contributed by atoms with Crippen molar-refractivity contribution in [2.75, 3.05) is 19.6 Å². The number of hydrogen-bond donors (Lipinski definition) is 0. The molecule has 0 unspecified atom stereocenters. The van der Waals surface area contributed by atoms with E-state index >= 15 is 0 Å². The molecule has 1 fully saturated rings. The molecule has 27 heavy (non-hydrogen) atoms. The molecule has 2 heteroatoms. The monoisotopic (exact) mass is 364 g/mol. The Labute approximate surface area is 164 Å². The molecule has 2 nitrogen and oxygen atoms in total. The number of ketones is 1. The normalized spacial score (nSPS) is 17.1. The Morgan fingerprint density at radius 2 is 1.41 bits per heavy atom. The fourth-order valence-corrected chi connectivity index (χ4v) is 4.63. The van der Waals surface area contributed by atoms with Gasteiger partial charge in [-0.3, -0.25) is 4.79 Å². The van der Waals surface area contributed by atoms with Gasteiger partial charge >= 0.3 is 0 Å². The molecule has 0 atom stereocenters. The van der Waals surface area contributed by atoms with Gasteiger partial charge in [0, 0.05) is 12.0 Å². The highest BCUT2D eigenvalue weighted by Gasteiger charge is 2.31. The molecule has 0 radical (unpaired) electrons. The Bertz CT molecular complexity index is 722. The van der Waals surface area contributed by atoms with Gasteiger partial charge in [0.2, 0.25) is 0 Å². The molecule has 0 bridgehead atoms. The van der Waals surface area contributed by atoms with E-state index in [1.165, 1.54) is 54.4 Å². The van der Waals surface area contributed by atoms with E-state index in [4.69, 9.17) is 0 Å². The van der Waals surface area contributed by atoms with Crippen LogP contribution in [0.4, 0.5) is 0 Å². The fourth-order valence-electron chi connectivity index (χ4n) is 4.63. The van der Waals surface area contributed by atoms with Gasteiger partial charge in [0.15, 0.2) is 5.78 Å². The summed E-state index contributed by atoms with van der Waals surface area (Å²) in [6, 6.07) is 17.1. The molecular formula is C25H34NO+. The summed E-state index contributed by atoms with van der Waals surface area (Å²) in [4.78, 5) is 13.2. The summed E-state index contributed by atoms with van der Waals surface area (Å²) in [7, 11) is 0. The molecule has 1 heterocycles. The molecule has 3 rings (SSSR count). The molecule has 144 valence electrons. The molecule has 0 N–H and O–H groups in total. The smallest absolute Gasteiger partial charge is 0.191 e. The summed E-state index contributed by atoms with van der Waals surface area (Å²) in [5, 5.41) is 0. The molecule has 2 aromatic rings. The summed E-state index contributed by atoms with van der Waals surface area (Å²) >= 11 is 0. The molecule has 1 aliphatic heterocycles. The minimum Gasteiger partial charge on any atom is -0.314 e. The van der Waals surface area contributed by atoms with Crippen molar-refractivity contribution >= 4 is 5.78 Å². The maximum absolute atomic E-state index is 13.2. The molecule has 0 saturated carbocycles. The van der Waals surface area contributed by atoms with Gasteiger partial charge in [0.1, 0.15) is 13.1 Å². The first-order chi connectivity index (χ1) is 13.1. The number of hydrogen-bond acceptors (Lipinski definition) is 1. The van der Waals surface area contributed by atoms with Crippen molar-refractivity contribution in [1.82, 2.24) is 0 Å². The number of nitrogens with zero attached hydrogens (tertiary/aromatic N) is 1. The Balaban J connectivity index is 1.78. The van der Waals surface area contributed by atoms with E-state index in [2.05, 4.69) is 62.4 Å². The Morgan fingerprint density at radius 3 is 2.04 bits per heavy atom. The SMILES string of the molecule is Cc1cccc(C)c1CC(=O)C[N+]1(Cc2ccccc2)CCCCCCC1. The van der Waals surface area contributed by atoms with Gasteiger partial charge in [0.25, 0.3) is 0 Å². The molecule has 0 spiro atoms. The molecular weight excluding hydrogens is 330 g/mol. The Hall–Kier alpha value is -1.93. The second kappa shape index (κ2) is 9.32. The van der Waals surface area contributed by atoms with Crippen LogP contribution >= 0.6 is 0 Å². The van der Waals surface area contributed by atoms with Crippen molar-refractivity contribution in [2.45, 2.75) is 58.9 Å². The van der Waals surface area contributed by atoms with Gasteiger partial charge in [-0.1, -0.05) is 55.0 Å². The van der Waals surface area contributed by atoms with E-state index in [0.717, 1.165) is 24.1 Å². The van der Waals surface area contributed by atoms with Gasteiger partial charge in [0.05, 0.1) is 13.1 Å². The Morgan fingerprint density at radius 1 is 0.815 bits per heavy atom. The molecule has 2 aromatic carbocycles. The molecule has 1 saturated heterocycles. The predicted octanol–water partition coefficient (Wildman–Crippen LogP) is 5.40. The second-order valence-electron chi connectivity index (χ2n) is 8.44. The van der Waals surface area contributed by atoms with Crippen molar-refractivity contribution in [3.63, 3.8) is 0 Å². The number of quaternary nitrogens is 1. The van der Waals surface area contributed by atoms with Gasteiger partial charge in [-0.05, 0) is 56.2 Å². The molecule has 1 aliphatic rings. The van der Waals surface area contributed by atoms with Crippen LogP contribution < -0.4 is 0 Å². The van der Waals surface area contributed by atoms with Crippen LogP contribution in [0, 0.1) is 13.8 Å². The highest BCUT2D eigenvalue weighted by atomic mass is 16.1. The van der Waals surface area contributed by atoms with Crippen molar-refractivity contribution in [2.24, 2.45) is 0 Å². The number of Topliss-reactive ketones (excluding diaryl/α,β-unsaturated/α-hetero) is 1. The zero-order chi connectivity index (χ0) is 19.1. The first-order valence-electron chi connectivity index (χ1n) is 10.5. The number of rotatable bonds is 6. The van der Waals surface area contributed by atoms with E-state index in [1.807, 2.05) is 0 Å². The third-order valence-corrected chi connectivity index (χ3v) is 6.16. The lowest BCUT2D eigenvalue weighted by Crippen LogP contribution is -2.52. The summed E-state index contributed by atoms with van der Waals surface area (Å²) in [6.45, 7) is 8.17. The Kier molecular flexibility index (Phi) is 6.84. The van der Waals surface area contributed by atoms with Crippen LogP contribution in [0.3, 0.4) is 0 Å². The first kappa shape index (κ1) is 19.8. The number of aryl methyl sites for hydroxylation is 2. The van der Waals surface area contributed by atoms with E-state index in [9.17, 15) is 4.79 Å². The second-order valence-corrected chi connectivity index (χ2v) is 8.44. The fraction of sp³-hybridized carbons (Fsp3) is 0.480. The van der Waals surface area contributed by atoms with Gasteiger partial charge < -0.3 is 4.48 Å². The number of carbonyl (C=O) groups is 1. The van der Waals surface area contributed by atoms with Crippen LogP contribution in [0.15, 0.2) is 48.5 Å². The van der Waals surface area contributed by atoms with E-state index in [0.29, 0.717) is 18.7 Å². The van der Waals surface area contributed by atoms with Crippen LogP contribution in [0.1, 0.15) is 54.4 Å². The van der Waals surface area contributed by atoms with Gasteiger partial charge in [-0.25, -0.2) is 0 Å². The molecule has 0 aromatic heterocycles. The lowest BCUT2D eigenvalue weighted by atomic mass is 9.97. The number of benzene rings is 2. The number of likely N-dealkylation sites (tertiary alicyclic amines) is 1. The van der Waals surface area contributed by atoms with E-state index < -0.39 is 0 Å². The average molecular weight is 365 g/mol. The summed E-state index contributed by atoms with van der Waals surface area (Å²) in [5.74, 6) is 0.393. The average Bonchev–Trinajstić information content (AvgIpc) is 2.63. The summed E-state index contributed by atoms with van der Waals surface area (Å²) in [6.07, 6.45) is 7.02. The predicted molar refractivity (Wildman–Crippen MR) is 113 cm³/mol. The minimum absolute atomic E-state index is 0.393.